The number of hydrogen-bond acceptors (Lipinski definition) is 3. The number of fused-ring (bicyclic) bond motifs is 1. The molecule has 1 aliphatic heterocycles. The normalized spacial score (nSPS) is 16.5. The molecule has 0 spiro atoms. The molecular formula is C21H23F3N4O2. The SMILES string of the molecule is CN=C(NCCOc1ccccc1C(F)(F)F)NCC1CC(=O)Nc2ccccc21. The molecule has 1 unspecified atom stereocenters. The Hall–Kier alpha value is -3.23. The lowest BCUT2D eigenvalue weighted by Gasteiger charge is -2.26. The van der Waals surface area contributed by atoms with E-state index in [1.54, 1.807) is 7.05 Å². The number of nitrogens with zero attached hydrogens (tertiary/aromatic N) is 1. The van der Waals surface area contributed by atoms with Crippen molar-refractivity contribution in [2.45, 2.75) is 18.5 Å². The highest BCUT2D eigenvalue weighted by Crippen LogP contribution is 2.35. The highest BCUT2D eigenvalue weighted by Gasteiger charge is 2.34. The van der Waals surface area contributed by atoms with Crippen LogP contribution in [0.2, 0.25) is 0 Å². The molecule has 0 aliphatic carbocycles. The number of hydrogen-bond donors (Lipinski definition) is 3. The van der Waals surface area contributed by atoms with Crippen LogP contribution in [0.3, 0.4) is 0 Å². The number of ether oxygens (including phenoxy) is 1. The van der Waals surface area contributed by atoms with Gasteiger partial charge < -0.3 is 20.7 Å². The molecule has 0 saturated carbocycles. The molecule has 9 heteroatoms. The van der Waals surface area contributed by atoms with Crippen LogP contribution in [0.4, 0.5) is 18.9 Å². The standard InChI is InChI=1S/C21H23F3N4O2/c1-25-20(26-10-11-30-18-9-5-3-7-16(18)21(22,23)24)27-13-14-12-19(29)28-17-8-4-2-6-15(14)17/h2-9,14H,10-13H2,1H3,(H,28,29)(H2,25,26,27). The summed E-state index contributed by atoms with van der Waals surface area (Å²) in [6.07, 6.45) is -4.11. The van der Waals surface area contributed by atoms with Gasteiger partial charge in [-0.25, -0.2) is 0 Å². The summed E-state index contributed by atoms with van der Waals surface area (Å²) in [5.41, 5.74) is 1.05. The van der Waals surface area contributed by atoms with E-state index in [9.17, 15) is 18.0 Å². The predicted octanol–water partition coefficient (Wildman–Crippen LogP) is 3.38. The number of aliphatic imine (C=N–C) groups is 1. The average Bonchev–Trinajstić information content (AvgIpc) is 2.72. The number of carbonyl (C=O) groups is 1. The van der Waals surface area contributed by atoms with Gasteiger partial charge in [-0.05, 0) is 23.8 Å². The zero-order valence-corrected chi connectivity index (χ0v) is 16.4. The molecule has 1 amide bonds. The van der Waals surface area contributed by atoms with E-state index < -0.39 is 11.7 Å². The fraction of sp³-hybridized carbons (Fsp3) is 0.333. The van der Waals surface area contributed by atoms with Crippen molar-refractivity contribution < 1.29 is 22.7 Å². The van der Waals surface area contributed by atoms with Gasteiger partial charge in [0, 0.05) is 31.6 Å². The Balaban J connectivity index is 1.49. The Kier molecular flexibility index (Phi) is 6.81. The first kappa shape index (κ1) is 21.5. The average molecular weight is 420 g/mol. The van der Waals surface area contributed by atoms with Crippen molar-refractivity contribution in [3.8, 4) is 5.75 Å². The first-order valence-corrected chi connectivity index (χ1v) is 9.51. The van der Waals surface area contributed by atoms with Gasteiger partial charge in [-0.1, -0.05) is 30.3 Å². The fourth-order valence-corrected chi connectivity index (χ4v) is 3.28. The van der Waals surface area contributed by atoms with E-state index in [-0.39, 0.29) is 30.7 Å². The summed E-state index contributed by atoms with van der Waals surface area (Å²) >= 11 is 0. The van der Waals surface area contributed by atoms with Gasteiger partial charge in [0.25, 0.3) is 0 Å². The maximum atomic E-state index is 13.0. The summed E-state index contributed by atoms with van der Waals surface area (Å²) in [6, 6.07) is 12.7. The number of alkyl halides is 3. The molecule has 0 saturated heterocycles. The number of para-hydroxylation sites is 2. The van der Waals surface area contributed by atoms with Crippen molar-refractivity contribution in [1.29, 1.82) is 0 Å². The van der Waals surface area contributed by atoms with E-state index in [0.29, 0.717) is 18.9 Å². The van der Waals surface area contributed by atoms with E-state index in [4.69, 9.17) is 4.74 Å². The minimum atomic E-state index is -4.47. The second-order valence-electron chi connectivity index (χ2n) is 6.76. The van der Waals surface area contributed by atoms with Crippen LogP contribution in [0.5, 0.6) is 5.75 Å². The Morgan fingerprint density at radius 1 is 1.17 bits per heavy atom. The monoisotopic (exact) mass is 420 g/mol. The Bertz CT molecular complexity index is 915. The van der Waals surface area contributed by atoms with Crippen LogP contribution in [0.15, 0.2) is 53.5 Å². The van der Waals surface area contributed by atoms with Gasteiger partial charge in [-0.15, -0.1) is 0 Å². The van der Waals surface area contributed by atoms with Crippen molar-refractivity contribution in [3.63, 3.8) is 0 Å². The zero-order chi connectivity index (χ0) is 21.6. The van der Waals surface area contributed by atoms with Gasteiger partial charge in [0.15, 0.2) is 5.96 Å². The summed E-state index contributed by atoms with van der Waals surface area (Å²) in [6.45, 7) is 0.776. The van der Waals surface area contributed by atoms with Gasteiger partial charge in [-0.3, -0.25) is 9.79 Å². The summed E-state index contributed by atoms with van der Waals surface area (Å²) in [5.74, 6) is 0.217. The number of rotatable bonds is 6. The van der Waals surface area contributed by atoms with Gasteiger partial charge in [0.05, 0.1) is 12.1 Å². The highest BCUT2D eigenvalue weighted by atomic mass is 19.4. The maximum Gasteiger partial charge on any atom is 0.419 e. The molecule has 0 bridgehead atoms. The number of anilines is 1. The molecule has 6 nitrogen and oxygen atoms in total. The molecule has 0 radical (unpaired) electrons. The topological polar surface area (TPSA) is 74.8 Å². The van der Waals surface area contributed by atoms with E-state index in [1.165, 1.54) is 18.2 Å². The van der Waals surface area contributed by atoms with Crippen LogP contribution in [0.25, 0.3) is 0 Å². The lowest BCUT2D eigenvalue weighted by Crippen LogP contribution is -2.42. The van der Waals surface area contributed by atoms with Gasteiger partial charge in [0.1, 0.15) is 12.4 Å². The Morgan fingerprint density at radius 3 is 2.67 bits per heavy atom. The third kappa shape index (κ3) is 5.43. The van der Waals surface area contributed by atoms with Crippen molar-refractivity contribution in [1.82, 2.24) is 10.6 Å². The summed E-state index contributed by atoms with van der Waals surface area (Å²) in [7, 11) is 1.59. The van der Waals surface area contributed by atoms with Crippen LogP contribution in [-0.4, -0.2) is 38.6 Å². The lowest BCUT2D eigenvalue weighted by atomic mass is 9.90. The third-order valence-electron chi connectivity index (χ3n) is 4.69. The van der Waals surface area contributed by atoms with Crippen LogP contribution >= 0.6 is 0 Å². The quantitative estimate of drug-likeness (QED) is 0.381. The minimum absolute atomic E-state index is 0.0107. The molecule has 2 aromatic carbocycles. The van der Waals surface area contributed by atoms with Gasteiger partial charge >= 0.3 is 6.18 Å². The van der Waals surface area contributed by atoms with E-state index >= 15 is 0 Å². The van der Waals surface area contributed by atoms with Crippen molar-refractivity contribution in [3.05, 3.63) is 59.7 Å². The number of nitrogens with one attached hydrogen (secondary N) is 3. The number of guanidine groups is 1. The largest absolute Gasteiger partial charge is 0.491 e. The Morgan fingerprint density at radius 2 is 1.90 bits per heavy atom. The zero-order valence-electron chi connectivity index (χ0n) is 16.4. The number of benzene rings is 2. The second kappa shape index (κ2) is 9.51. The molecular weight excluding hydrogens is 397 g/mol. The van der Waals surface area contributed by atoms with Crippen LogP contribution < -0.4 is 20.7 Å². The third-order valence-corrected chi connectivity index (χ3v) is 4.69. The molecule has 3 rings (SSSR count). The first-order chi connectivity index (χ1) is 14.4. The Labute approximate surface area is 172 Å². The predicted molar refractivity (Wildman–Crippen MR) is 109 cm³/mol. The first-order valence-electron chi connectivity index (χ1n) is 9.51. The molecule has 2 aromatic rings. The molecule has 3 N–H and O–H groups in total. The maximum absolute atomic E-state index is 13.0. The molecule has 1 heterocycles. The number of carbonyl (C=O) groups excluding carboxylic acids is 1. The van der Waals surface area contributed by atoms with Gasteiger partial charge in [0.2, 0.25) is 5.91 Å². The number of amides is 1. The summed E-state index contributed by atoms with van der Waals surface area (Å²) in [4.78, 5) is 16.0. The van der Waals surface area contributed by atoms with E-state index in [1.807, 2.05) is 24.3 Å². The van der Waals surface area contributed by atoms with Crippen LogP contribution in [0, 0.1) is 0 Å². The summed E-state index contributed by atoms with van der Waals surface area (Å²) in [5, 5.41) is 9.02. The number of halogens is 3. The van der Waals surface area contributed by atoms with E-state index in [0.717, 1.165) is 17.3 Å². The van der Waals surface area contributed by atoms with Crippen LogP contribution in [-0.2, 0) is 11.0 Å². The summed E-state index contributed by atoms with van der Waals surface area (Å²) < 4.78 is 44.3. The molecule has 30 heavy (non-hydrogen) atoms. The van der Waals surface area contributed by atoms with E-state index in [2.05, 4.69) is 20.9 Å². The van der Waals surface area contributed by atoms with Crippen molar-refractivity contribution in [2.75, 3.05) is 32.1 Å². The van der Waals surface area contributed by atoms with Crippen molar-refractivity contribution in [2.24, 2.45) is 4.99 Å². The van der Waals surface area contributed by atoms with Crippen molar-refractivity contribution >= 4 is 17.6 Å². The highest BCUT2D eigenvalue weighted by molar-refractivity contribution is 5.94. The fourth-order valence-electron chi connectivity index (χ4n) is 3.28. The van der Waals surface area contributed by atoms with Gasteiger partial charge in [-0.2, -0.15) is 13.2 Å². The molecule has 1 atom stereocenters. The van der Waals surface area contributed by atoms with Crippen LogP contribution in [0.1, 0.15) is 23.5 Å². The molecule has 0 fully saturated rings. The molecule has 0 aromatic heterocycles. The molecule has 1 aliphatic rings. The smallest absolute Gasteiger partial charge is 0.419 e. The lowest BCUT2D eigenvalue weighted by molar-refractivity contribution is -0.139. The second-order valence-corrected chi connectivity index (χ2v) is 6.76. The molecule has 160 valence electrons. The minimum Gasteiger partial charge on any atom is -0.491 e.